The third-order valence-electron chi connectivity index (χ3n) is 1.76. The number of nitrogens with zero attached hydrogens (tertiary/aromatic N) is 1. The highest BCUT2D eigenvalue weighted by molar-refractivity contribution is 9.10. The SMILES string of the molecule is C=CCN(CCO)C(=O)C(Cl)(Br)CC. The number of hydrogen-bond acceptors (Lipinski definition) is 2. The van der Waals surface area contributed by atoms with Crippen LogP contribution in [0.5, 0.6) is 0 Å². The molecule has 0 aliphatic rings. The van der Waals surface area contributed by atoms with Crippen molar-refractivity contribution in [2.24, 2.45) is 0 Å². The Morgan fingerprint density at radius 3 is 2.71 bits per heavy atom. The molecule has 14 heavy (non-hydrogen) atoms. The summed E-state index contributed by atoms with van der Waals surface area (Å²) in [6, 6.07) is 0. The maximum Gasteiger partial charge on any atom is 0.254 e. The lowest BCUT2D eigenvalue weighted by atomic mass is 10.3. The van der Waals surface area contributed by atoms with Crippen LogP contribution in [-0.4, -0.2) is 39.4 Å². The van der Waals surface area contributed by atoms with E-state index in [9.17, 15) is 4.79 Å². The summed E-state index contributed by atoms with van der Waals surface area (Å²) in [7, 11) is 0. The highest BCUT2D eigenvalue weighted by atomic mass is 79.9. The molecule has 0 rings (SSSR count). The van der Waals surface area contributed by atoms with Gasteiger partial charge < -0.3 is 10.0 Å². The zero-order valence-electron chi connectivity index (χ0n) is 8.17. The lowest BCUT2D eigenvalue weighted by Gasteiger charge is -2.27. The number of aliphatic hydroxyl groups excluding tert-OH is 1. The molecule has 0 aromatic carbocycles. The minimum atomic E-state index is -1.06. The van der Waals surface area contributed by atoms with E-state index in [1.807, 2.05) is 6.92 Å². The van der Waals surface area contributed by atoms with Gasteiger partial charge in [-0.2, -0.15) is 0 Å². The number of carbonyl (C=O) groups excluding carboxylic acids is 1. The summed E-state index contributed by atoms with van der Waals surface area (Å²) in [6.07, 6.45) is 2.08. The first-order valence-electron chi connectivity index (χ1n) is 4.38. The summed E-state index contributed by atoms with van der Waals surface area (Å²) >= 11 is 9.09. The highest BCUT2D eigenvalue weighted by Crippen LogP contribution is 2.29. The molecular formula is C9H15BrClNO2. The molecule has 0 aliphatic carbocycles. The highest BCUT2D eigenvalue weighted by Gasteiger charge is 2.34. The van der Waals surface area contributed by atoms with Crippen LogP contribution in [0.3, 0.4) is 0 Å². The minimum absolute atomic E-state index is 0.0801. The first-order chi connectivity index (χ1) is 6.49. The van der Waals surface area contributed by atoms with Crippen LogP contribution in [0.15, 0.2) is 12.7 Å². The summed E-state index contributed by atoms with van der Waals surface area (Å²) < 4.78 is -1.06. The Labute approximate surface area is 97.9 Å². The average Bonchev–Trinajstić information content (AvgIpc) is 2.16. The fourth-order valence-corrected chi connectivity index (χ4v) is 1.31. The van der Waals surface area contributed by atoms with Gasteiger partial charge in [0.05, 0.1) is 6.61 Å². The molecule has 1 amide bonds. The summed E-state index contributed by atoms with van der Waals surface area (Å²) in [5.74, 6) is -0.240. The molecule has 0 saturated heterocycles. The van der Waals surface area contributed by atoms with Crippen molar-refractivity contribution in [3.63, 3.8) is 0 Å². The van der Waals surface area contributed by atoms with Crippen molar-refractivity contribution in [2.75, 3.05) is 19.7 Å². The topological polar surface area (TPSA) is 40.5 Å². The molecule has 0 fully saturated rings. The molecular weight excluding hydrogens is 269 g/mol. The van der Waals surface area contributed by atoms with Crippen LogP contribution >= 0.6 is 27.5 Å². The average molecular weight is 285 g/mol. The van der Waals surface area contributed by atoms with Gasteiger partial charge in [-0.25, -0.2) is 0 Å². The van der Waals surface area contributed by atoms with Gasteiger partial charge in [-0.1, -0.05) is 40.5 Å². The van der Waals surface area contributed by atoms with Crippen LogP contribution in [0.1, 0.15) is 13.3 Å². The first kappa shape index (κ1) is 13.9. The molecule has 0 aliphatic heterocycles. The van der Waals surface area contributed by atoms with Gasteiger partial charge in [0.25, 0.3) is 5.91 Å². The molecule has 0 aromatic rings. The van der Waals surface area contributed by atoms with Crippen LogP contribution in [0.25, 0.3) is 0 Å². The normalized spacial score (nSPS) is 14.6. The lowest BCUT2D eigenvalue weighted by Crippen LogP contribution is -2.43. The molecule has 0 bridgehead atoms. The Balaban J connectivity index is 4.49. The molecule has 82 valence electrons. The molecule has 0 radical (unpaired) electrons. The van der Waals surface area contributed by atoms with Crippen LogP contribution in [0.4, 0.5) is 0 Å². The van der Waals surface area contributed by atoms with Crippen LogP contribution in [0, 0.1) is 0 Å². The molecule has 0 spiro atoms. The zero-order chi connectivity index (χ0) is 11.2. The van der Waals surface area contributed by atoms with Crippen molar-refractivity contribution in [1.82, 2.24) is 4.90 Å². The second kappa shape index (κ2) is 6.43. The molecule has 0 saturated carbocycles. The van der Waals surface area contributed by atoms with Gasteiger partial charge in [0.15, 0.2) is 3.78 Å². The third kappa shape index (κ3) is 3.98. The summed E-state index contributed by atoms with van der Waals surface area (Å²) in [4.78, 5) is 13.2. The van der Waals surface area contributed by atoms with Crippen molar-refractivity contribution in [2.45, 2.75) is 17.1 Å². The molecule has 0 heterocycles. The van der Waals surface area contributed by atoms with Crippen LogP contribution in [-0.2, 0) is 4.79 Å². The monoisotopic (exact) mass is 283 g/mol. The largest absolute Gasteiger partial charge is 0.395 e. The van der Waals surface area contributed by atoms with Gasteiger partial charge in [-0.05, 0) is 6.42 Å². The lowest BCUT2D eigenvalue weighted by molar-refractivity contribution is -0.131. The van der Waals surface area contributed by atoms with E-state index in [0.29, 0.717) is 13.0 Å². The Kier molecular flexibility index (Phi) is 6.40. The Morgan fingerprint density at radius 1 is 1.79 bits per heavy atom. The number of carbonyl (C=O) groups is 1. The van der Waals surface area contributed by atoms with Crippen molar-refractivity contribution in [3.8, 4) is 0 Å². The summed E-state index contributed by atoms with van der Waals surface area (Å²) in [6.45, 7) is 5.93. The number of aliphatic hydroxyl groups is 1. The van der Waals surface area contributed by atoms with E-state index >= 15 is 0 Å². The Hall–Kier alpha value is -0.0600. The van der Waals surface area contributed by atoms with Crippen LogP contribution in [0.2, 0.25) is 0 Å². The van der Waals surface area contributed by atoms with Crippen molar-refractivity contribution < 1.29 is 9.90 Å². The van der Waals surface area contributed by atoms with Gasteiger partial charge in [-0.15, -0.1) is 6.58 Å². The second-order valence-corrected chi connectivity index (χ2v) is 5.28. The fraction of sp³-hybridized carbons (Fsp3) is 0.667. The maximum absolute atomic E-state index is 11.8. The van der Waals surface area contributed by atoms with E-state index in [0.717, 1.165) is 0 Å². The molecule has 5 heteroatoms. The fourth-order valence-electron chi connectivity index (χ4n) is 0.935. The number of hydrogen-bond donors (Lipinski definition) is 1. The molecule has 3 nitrogen and oxygen atoms in total. The smallest absolute Gasteiger partial charge is 0.254 e. The van der Waals surface area contributed by atoms with E-state index in [2.05, 4.69) is 22.5 Å². The predicted octanol–water partition coefficient (Wildman–Crippen LogP) is 1.73. The van der Waals surface area contributed by atoms with Crippen molar-refractivity contribution >= 4 is 33.4 Å². The van der Waals surface area contributed by atoms with Crippen molar-refractivity contribution in [3.05, 3.63) is 12.7 Å². The minimum Gasteiger partial charge on any atom is -0.395 e. The Morgan fingerprint density at radius 2 is 2.36 bits per heavy atom. The third-order valence-corrected chi connectivity index (χ3v) is 3.09. The van der Waals surface area contributed by atoms with Gasteiger partial charge in [0, 0.05) is 13.1 Å². The number of halogens is 2. The number of alkyl halides is 2. The molecule has 1 unspecified atom stereocenters. The number of amides is 1. The van der Waals surface area contributed by atoms with Gasteiger partial charge in [0.2, 0.25) is 0 Å². The van der Waals surface area contributed by atoms with E-state index < -0.39 is 3.78 Å². The van der Waals surface area contributed by atoms with E-state index in [4.69, 9.17) is 16.7 Å². The predicted molar refractivity (Wildman–Crippen MR) is 61.7 cm³/mol. The number of rotatable bonds is 6. The quantitative estimate of drug-likeness (QED) is 0.596. The molecule has 1 N–H and O–H groups in total. The van der Waals surface area contributed by atoms with Crippen LogP contribution < -0.4 is 0 Å². The van der Waals surface area contributed by atoms with E-state index in [1.165, 1.54) is 4.90 Å². The van der Waals surface area contributed by atoms with Crippen molar-refractivity contribution in [1.29, 1.82) is 0 Å². The molecule has 1 atom stereocenters. The summed E-state index contributed by atoms with van der Waals surface area (Å²) in [5, 5.41) is 8.76. The first-order valence-corrected chi connectivity index (χ1v) is 5.55. The maximum atomic E-state index is 11.8. The standard InChI is InChI=1S/C9H15BrClNO2/c1-3-5-12(6-7-13)8(14)9(10,11)4-2/h3,13H,1,4-7H2,2H3. The second-order valence-electron chi connectivity index (χ2n) is 2.82. The molecule has 0 aromatic heterocycles. The van der Waals surface area contributed by atoms with E-state index in [-0.39, 0.29) is 19.1 Å². The van der Waals surface area contributed by atoms with Gasteiger partial charge >= 0.3 is 0 Å². The summed E-state index contributed by atoms with van der Waals surface area (Å²) in [5.41, 5.74) is 0. The van der Waals surface area contributed by atoms with E-state index in [1.54, 1.807) is 6.08 Å². The van der Waals surface area contributed by atoms with Gasteiger partial charge in [-0.3, -0.25) is 4.79 Å². The van der Waals surface area contributed by atoms with Gasteiger partial charge in [0.1, 0.15) is 0 Å². The zero-order valence-corrected chi connectivity index (χ0v) is 10.5. The Bertz CT molecular complexity index is 209.